The number of carbonyl (C=O) groups excluding carboxylic acids is 1. The van der Waals surface area contributed by atoms with E-state index in [0.717, 1.165) is 16.5 Å². The minimum atomic E-state index is 0.485. The third-order valence-corrected chi connectivity index (χ3v) is 2.40. The van der Waals surface area contributed by atoms with Gasteiger partial charge in [-0.25, -0.2) is 0 Å². The number of carbonyl (C=O) groups is 1. The summed E-state index contributed by atoms with van der Waals surface area (Å²) in [5, 5.41) is 0. The van der Waals surface area contributed by atoms with Gasteiger partial charge in [0.2, 0.25) is 0 Å². The average Bonchev–Trinajstić information content (AvgIpc) is 2.16. The fraction of sp³-hybridized carbons (Fsp3) is 0.364. The molecule has 0 aliphatic rings. The van der Waals surface area contributed by atoms with E-state index >= 15 is 0 Å². The molecule has 1 aromatic carbocycles. The maximum absolute atomic E-state index is 10.6. The molecular weight excluding hydrogens is 244 g/mol. The summed E-state index contributed by atoms with van der Waals surface area (Å²) in [6.45, 7) is 4.83. The molecule has 0 saturated heterocycles. The first-order valence-electron chi connectivity index (χ1n) is 4.51. The van der Waals surface area contributed by atoms with Crippen LogP contribution < -0.4 is 4.74 Å². The summed E-state index contributed by atoms with van der Waals surface area (Å²) in [5.41, 5.74) is 0.617. The van der Waals surface area contributed by atoms with Gasteiger partial charge in [0.15, 0.2) is 6.29 Å². The van der Waals surface area contributed by atoms with Crippen LogP contribution in [0.5, 0.6) is 5.75 Å². The van der Waals surface area contributed by atoms with Gasteiger partial charge in [-0.05, 0) is 24.1 Å². The van der Waals surface area contributed by atoms with Crippen molar-refractivity contribution in [2.45, 2.75) is 13.8 Å². The van der Waals surface area contributed by atoms with E-state index in [1.165, 1.54) is 0 Å². The Balaban J connectivity index is 2.74. The molecular formula is C11H13BrO2. The van der Waals surface area contributed by atoms with Gasteiger partial charge in [-0.1, -0.05) is 29.8 Å². The van der Waals surface area contributed by atoms with Gasteiger partial charge < -0.3 is 4.74 Å². The zero-order valence-corrected chi connectivity index (χ0v) is 9.87. The molecule has 0 unspecified atom stereocenters. The zero-order valence-electron chi connectivity index (χ0n) is 8.29. The van der Waals surface area contributed by atoms with Crippen molar-refractivity contribution >= 4 is 22.2 Å². The third kappa shape index (κ3) is 3.14. The zero-order chi connectivity index (χ0) is 10.6. The van der Waals surface area contributed by atoms with E-state index in [2.05, 4.69) is 29.8 Å². The molecule has 14 heavy (non-hydrogen) atoms. The largest absolute Gasteiger partial charge is 0.493 e. The quantitative estimate of drug-likeness (QED) is 0.773. The van der Waals surface area contributed by atoms with E-state index in [1.54, 1.807) is 6.07 Å². The molecule has 0 saturated carbocycles. The highest BCUT2D eigenvalue weighted by Gasteiger charge is 2.02. The molecule has 0 atom stereocenters. The average molecular weight is 257 g/mol. The molecule has 0 N–H and O–H groups in total. The molecule has 2 nitrogen and oxygen atoms in total. The molecule has 0 bridgehead atoms. The molecule has 0 fully saturated rings. The Hall–Kier alpha value is -0.830. The lowest BCUT2D eigenvalue weighted by Crippen LogP contribution is -2.04. The lowest BCUT2D eigenvalue weighted by atomic mass is 10.2. The van der Waals surface area contributed by atoms with Crippen LogP contribution in [0, 0.1) is 5.92 Å². The predicted octanol–water partition coefficient (Wildman–Crippen LogP) is 3.30. The van der Waals surface area contributed by atoms with Crippen LogP contribution in [-0.2, 0) is 0 Å². The Bertz CT molecular complexity index is 321. The second-order valence-electron chi connectivity index (χ2n) is 3.51. The van der Waals surface area contributed by atoms with Crippen molar-refractivity contribution in [3.05, 3.63) is 28.2 Å². The van der Waals surface area contributed by atoms with Crippen LogP contribution in [0.4, 0.5) is 0 Å². The van der Waals surface area contributed by atoms with E-state index < -0.39 is 0 Å². The van der Waals surface area contributed by atoms with Gasteiger partial charge in [-0.15, -0.1) is 0 Å². The first-order valence-corrected chi connectivity index (χ1v) is 5.30. The van der Waals surface area contributed by atoms with Crippen molar-refractivity contribution in [1.29, 1.82) is 0 Å². The fourth-order valence-electron chi connectivity index (χ4n) is 0.965. The number of benzene rings is 1. The van der Waals surface area contributed by atoms with Gasteiger partial charge in [0, 0.05) is 10.0 Å². The van der Waals surface area contributed by atoms with E-state index in [9.17, 15) is 4.79 Å². The normalized spacial score (nSPS) is 10.3. The highest BCUT2D eigenvalue weighted by atomic mass is 79.9. The Morgan fingerprint density at radius 3 is 2.79 bits per heavy atom. The van der Waals surface area contributed by atoms with Crippen molar-refractivity contribution in [1.82, 2.24) is 0 Å². The number of rotatable bonds is 4. The van der Waals surface area contributed by atoms with Gasteiger partial charge in [0.25, 0.3) is 0 Å². The maximum Gasteiger partial charge on any atom is 0.151 e. The Kier molecular flexibility index (Phi) is 4.14. The van der Waals surface area contributed by atoms with Gasteiger partial charge >= 0.3 is 0 Å². The van der Waals surface area contributed by atoms with Gasteiger partial charge in [-0.2, -0.15) is 0 Å². The van der Waals surface area contributed by atoms with Crippen LogP contribution in [0.25, 0.3) is 0 Å². The molecule has 0 aromatic heterocycles. The number of halogens is 1. The second-order valence-corrected chi connectivity index (χ2v) is 4.36. The monoisotopic (exact) mass is 256 g/mol. The van der Waals surface area contributed by atoms with E-state index in [1.807, 2.05) is 12.1 Å². The molecule has 0 spiro atoms. The number of hydrogen-bond donors (Lipinski definition) is 0. The SMILES string of the molecule is CC(C)COc1ccc(Br)c(C=O)c1. The lowest BCUT2D eigenvalue weighted by molar-refractivity contribution is 0.112. The van der Waals surface area contributed by atoms with Gasteiger partial charge in [0.05, 0.1) is 6.61 Å². The summed E-state index contributed by atoms with van der Waals surface area (Å²) >= 11 is 3.28. The summed E-state index contributed by atoms with van der Waals surface area (Å²) in [6, 6.07) is 5.40. The molecule has 0 aliphatic carbocycles. The number of aldehydes is 1. The number of ether oxygens (including phenoxy) is 1. The molecule has 0 heterocycles. The summed E-state index contributed by atoms with van der Waals surface area (Å²) in [7, 11) is 0. The predicted molar refractivity (Wildman–Crippen MR) is 59.9 cm³/mol. The molecule has 1 rings (SSSR count). The highest BCUT2D eigenvalue weighted by molar-refractivity contribution is 9.10. The summed E-state index contributed by atoms with van der Waals surface area (Å²) in [4.78, 5) is 10.6. The van der Waals surface area contributed by atoms with Crippen molar-refractivity contribution in [3.63, 3.8) is 0 Å². The van der Waals surface area contributed by atoms with Crippen LogP contribution in [0.1, 0.15) is 24.2 Å². The number of hydrogen-bond acceptors (Lipinski definition) is 2. The van der Waals surface area contributed by atoms with Crippen LogP contribution in [-0.4, -0.2) is 12.9 Å². The molecule has 3 heteroatoms. The molecule has 1 aromatic rings. The van der Waals surface area contributed by atoms with Crippen molar-refractivity contribution in [2.24, 2.45) is 5.92 Å². The first-order chi connectivity index (χ1) is 6.63. The van der Waals surface area contributed by atoms with Crippen LogP contribution in [0.3, 0.4) is 0 Å². The van der Waals surface area contributed by atoms with E-state index in [4.69, 9.17) is 4.74 Å². The molecule has 0 aliphatic heterocycles. The second kappa shape index (κ2) is 5.15. The minimum Gasteiger partial charge on any atom is -0.493 e. The maximum atomic E-state index is 10.6. The molecule has 0 radical (unpaired) electrons. The standard InChI is InChI=1S/C11H13BrO2/c1-8(2)7-14-10-3-4-11(12)9(5-10)6-13/h3-6,8H,7H2,1-2H3. The van der Waals surface area contributed by atoms with Gasteiger partial charge in [0.1, 0.15) is 5.75 Å². The van der Waals surface area contributed by atoms with Gasteiger partial charge in [-0.3, -0.25) is 4.79 Å². The summed E-state index contributed by atoms with van der Waals surface area (Å²) in [5.74, 6) is 1.22. The smallest absolute Gasteiger partial charge is 0.151 e. The molecule has 76 valence electrons. The minimum absolute atomic E-state index is 0.485. The van der Waals surface area contributed by atoms with Crippen LogP contribution in [0.2, 0.25) is 0 Å². The third-order valence-electron chi connectivity index (χ3n) is 1.68. The van der Waals surface area contributed by atoms with Crippen molar-refractivity contribution < 1.29 is 9.53 Å². The summed E-state index contributed by atoms with van der Waals surface area (Å²) < 4.78 is 6.28. The Morgan fingerprint density at radius 1 is 1.50 bits per heavy atom. The Morgan fingerprint density at radius 2 is 2.21 bits per heavy atom. The molecule has 0 amide bonds. The van der Waals surface area contributed by atoms with Crippen LogP contribution in [0.15, 0.2) is 22.7 Å². The van der Waals surface area contributed by atoms with E-state index in [0.29, 0.717) is 18.1 Å². The van der Waals surface area contributed by atoms with Crippen molar-refractivity contribution in [3.8, 4) is 5.75 Å². The Labute approximate surface area is 92.4 Å². The van der Waals surface area contributed by atoms with E-state index in [-0.39, 0.29) is 0 Å². The van der Waals surface area contributed by atoms with Crippen molar-refractivity contribution in [2.75, 3.05) is 6.61 Å². The van der Waals surface area contributed by atoms with Crippen LogP contribution >= 0.6 is 15.9 Å². The first kappa shape index (κ1) is 11.2. The fourth-order valence-corrected chi connectivity index (χ4v) is 1.30. The topological polar surface area (TPSA) is 26.3 Å². The summed E-state index contributed by atoms with van der Waals surface area (Å²) in [6.07, 6.45) is 0.812. The lowest BCUT2D eigenvalue weighted by Gasteiger charge is -2.09. The highest BCUT2D eigenvalue weighted by Crippen LogP contribution is 2.21.